The molecule has 1 unspecified atom stereocenters. The van der Waals surface area contributed by atoms with E-state index in [0.717, 1.165) is 38.1 Å². The molecular formula is C13H21N3. The van der Waals surface area contributed by atoms with E-state index in [9.17, 15) is 0 Å². The van der Waals surface area contributed by atoms with Crippen molar-refractivity contribution in [3.63, 3.8) is 0 Å². The van der Waals surface area contributed by atoms with Crippen LogP contribution in [0.3, 0.4) is 0 Å². The zero-order valence-corrected chi connectivity index (χ0v) is 10.3. The SMILES string of the molecule is CCCc1nc(C)c2c(n1)CCC(CN)C2. The molecule has 1 aliphatic rings. The smallest absolute Gasteiger partial charge is 0.128 e. The van der Waals surface area contributed by atoms with Crippen LogP contribution in [0.5, 0.6) is 0 Å². The van der Waals surface area contributed by atoms with Gasteiger partial charge in [-0.2, -0.15) is 0 Å². The van der Waals surface area contributed by atoms with Gasteiger partial charge in [-0.3, -0.25) is 0 Å². The second-order valence-corrected chi connectivity index (χ2v) is 4.75. The number of rotatable bonds is 3. The molecule has 1 aromatic heterocycles. The van der Waals surface area contributed by atoms with Gasteiger partial charge in [0.25, 0.3) is 0 Å². The van der Waals surface area contributed by atoms with E-state index < -0.39 is 0 Å². The highest BCUT2D eigenvalue weighted by atomic mass is 14.9. The molecule has 88 valence electrons. The van der Waals surface area contributed by atoms with E-state index in [1.807, 2.05) is 0 Å². The molecule has 1 heterocycles. The van der Waals surface area contributed by atoms with Crippen molar-refractivity contribution in [3.05, 3.63) is 22.8 Å². The van der Waals surface area contributed by atoms with Crippen LogP contribution in [0.15, 0.2) is 0 Å². The zero-order valence-electron chi connectivity index (χ0n) is 10.3. The molecule has 0 saturated carbocycles. The quantitative estimate of drug-likeness (QED) is 0.843. The van der Waals surface area contributed by atoms with Gasteiger partial charge in [0.2, 0.25) is 0 Å². The fraction of sp³-hybridized carbons (Fsp3) is 0.692. The Kier molecular flexibility index (Phi) is 3.54. The third-order valence-corrected chi connectivity index (χ3v) is 3.43. The van der Waals surface area contributed by atoms with Gasteiger partial charge in [0.05, 0.1) is 0 Å². The number of hydrogen-bond acceptors (Lipinski definition) is 3. The maximum absolute atomic E-state index is 5.75. The van der Waals surface area contributed by atoms with Crippen molar-refractivity contribution in [2.24, 2.45) is 11.7 Å². The predicted molar refractivity (Wildman–Crippen MR) is 65.3 cm³/mol. The summed E-state index contributed by atoms with van der Waals surface area (Å²) in [6.07, 6.45) is 5.45. The molecule has 0 amide bonds. The molecule has 0 radical (unpaired) electrons. The molecule has 0 aliphatic heterocycles. The Hall–Kier alpha value is -0.960. The molecule has 0 spiro atoms. The monoisotopic (exact) mass is 219 g/mol. The average molecular weight is 219 g/mol. The van der Waals surface area contributed by atoms with E-state index in [1.165, 1.54) is 23.4 Å². The van der Waals surface area contributed by atoms with Gasteiger partial charge in [0, 0.05) is 17.8 Å². The summed E-state index contributed by atoms with van der Waals surface area (Å²) >= 11 is 0. The maximum atomic E-state index is 5.75. The van der Waals surface area contributed by atoms with Gasteiger partial charge in [0.1, 0.15) is 5.82 Å². The number of nitrogens with zero attached hydrogens (tertiary/aromatic N) is 2. The van der Waals surface area contributed by atoms with Crippen LogP contribution in [0, 0.1) is 12.8 Å². The molecule has 1 atom stereocenters. The Labute approximate surface area is 97.5 Å². The minimum absolute atomic E-state index is 0.631. The molecule has 3 heteroatoms. The Bertz CT molecular complexity index is 374. The van der Waals surface area contributed by atoms with E-state index in [2.05, 4.69) is 23.8 Å². The second-order valence-electron chi connectivity index (χ2n) is 4.75. The number of nitrogens with two attached hydrogens (primary N) is 1. The van der Waals surface area contributed by atoms with Gasteiger partial charge in [-0.25, -0.2) is 9.97 Å². The molecule has 16 heavy (non-hydrogen) atoms. The predicted octanol–water partition coefficient (Wildman–Crippen LogP) is 1.80. The number of hydrogen-bond donors (Lipinski definition) is 1. The van der Waals surface area contributed by atoms with Crippen molar-refractivity contribution >= 4 is 0 Å². The number of fused-ring (bicyclic) bond motifs is 1. The summed E-state index contributed by atoms with van der Waals surface area (Å²) in [6, 6.07) is 0. The first kappa shape index (κ1) is 11.5. The molecule has 2 N–H and O–H groups in total. The van der Waals surface area contributed by atoms with Gasteiger partial charge < -0.3 is 5.73 Å². The Morgan fingerprint density at radius 2 is 2.19 bits per heavy atom. The fourth-order valence-corrected chi connectivity index (χ4v) is 2.46. The third-order valence-electron chi connectivity index (χ3n) is 3.43. The van der Waals surface area contributed by atoms with Gasteiger partial charge in [-0.15, -0.1) is 0 Å². The minimum Gasteiger partial charge on any atom is -0.330 e. The van der Waals surface area contributed by atoms with E-state index >= 15 is 0 Å². The first-order chi connectivity index (χ1) is 7.74. The summed E-state index contributed by atoms with van der Waals surface area (Å²) in [5, 5.41) is 0. The van der Waals surface area contributed by atoms with Gasteiger partial charge in [0.15, 0.2) is 0 Å². The lowest BCUT2D eigenvalue weighted by Gasteiger charge is -2.24. The third kappa shape index (κ3) is 2.24. The standard InChI is InChI=1S/C13H21N3/c1-3-4-13-15-9(2)11-7-10(8-14)5-6-12(11)16-13/h10H,3-8,14H2,1-2H3. The highest BCUT2D eigenvalue weighted by Crippen LogP contribution is 2.25. The van der Waals surface area contributed by atoms with Crippen LogP contribution in [-0.2, 0) is 19.3 Å². The van der Waals surface area contributed by atoms with Crippen molar-refractivity contribution in [1.29, 1.82) is 0 Å². The van der Waals surface area contributed by atoms with Crippen molar-refractivity contribution in [2.45, 2.75) is 46.0 Å². The summed E-state index contributed by atoms with van der Waals surface area (Å²) in [5.41, 5.74) is 9.56. The zero-order chi connectivity index (χ0) is 11.5. The van der Waals surface area contributed by atoms with Gasteiger partial charge in [-0.05, 0) is 50.6 Å². The lowest BCUT2D eigenvalue weighted by atomic mass is 9.86. The normalized spacial score (nSPS) is 19.6. The number of aromatic nitrogens is 2. The highest BCUT2D eigenvalue weighted by Gasteiger charge is 2.21. The number of aryl methyl sites for hydroxylation is 3. The van der Waals surface area contributed by atoms with Gasteiger partial charge >= 0.3 is 0 Å². The molecule has 2 rings (SSSR count). The van der Waals surface area contributed by atoms with Crippen LogP contribution in [-0.4, -0.2) is 16.5 Å². The first-order valence-corrected chi connectivity index (χ1v) is 6.30. The highest BCUT2D eigenvalue weighted by molar-refractivity contribution is 5.28. The lowest BCUT2D eigenvalue weighted by molar-refractivity contribution is 0.458. The van der Waals surface area contributed by atoms with Crippen LogP contribution in [0.4, 0.5) is 0 Å². The first-order valence-electron chi connectivity index (χ1n) is 6.30. The van der Waals surface area contributed by atoms with Crippen molar-refractivity contribution in [1.82, 2.24) is 9.97 Å². The summed E-state index contributed by atoms with van der Waals surface area (Å²) in [4.78, 5) is 9.27. The molecule has 0 saturated heterocycles. The molecular weight excluding hydrogens is 198 g/mol. The van der Waals surface area contributed by atoms with Crippen LogP contribution in [0.1, 0.15) is 42.5 Å². The molecule has 1 aliphatic carbocycles. The molecule has 3 nitrogen and oxygen atoms in total. The Morgan fingerprint density at radius 3 is 2.88 bits per heavy atom. The van der Waals surface area contributed by atoms with Crippen LogP contribution in [0.2, 0.25) is 0 Å². The van der Waals surface area contributed by atoms with Crippen molar-refractivity contribution in [3.8, 4) is 0 Å². The van der Waals surface area contributed by atoms with E-state index in [0.29, 0.717) is 5.92 Å². The topological polar surface area (TPSA) is 51.8 Å². The Morgan fingerprint density at radius 1 is 1.38 bits per heavy atom. The van der Waals surface area contributed by atoms with Crippen molar-refractivity contribution in [2.75, 3.05) is 6.54 Å². The van der Waals surface area contributed by atoms with E-state index in [4.69, 9.17) is 5.73 Å². The lowest BCUT2D eigenvalue weighted by Crippen LogP contribution is -2.24. The second kappa shape index (κ2) is 4.91. The summed E-state index contributed by atoms with van der Waals surface area (Å²) in [5.74, 6) is 1.65. The van der Waals surface area contributed by atoms with Crippen LogP contribution in [0.25, 0.3) is 0 Å². The van der Waals surface area contributed by atoms with Gasteiger partial charge in [-0.1, -0.05) is 6.92 Å². The summed E-state index contributed by atoms with van der Waals surface area (Å²) in [7, 11) is 0. The van der Waals surface area contributed by atoms with E-state index in [1.54, 1.807) is 0 Å². The van der Waals surface area contributed by atoms with Crippen LogP contribution >= 0.6 is 0 Å². The summed E-state index contributed by atoms with van der Waals surface area (Å²) in [6.45, 7) is 5.07. The fourth-order valence-electron chi connectivity index (χ4n) is 2.46. The van der Waals surface area contributed by atoms with E-state index in [-0.39, 0.29) is 0 Å². The van der Waals surface area contributed by atoms with Crippen LogP contribution < -0.4 is 5.73 Å². The average Bonchev–Trinajstić information content (AvgIpc) is 2.29. The molecule has 0 bridgehead atoms. The maximum Gasteiger partial charge on any atom is 0.128 e. The minimum atomic E-state index is 0.631. The largest absolute Gasteiger partial charge is 0.330 e. The Balaban J connectivity index is 2.28. The summed E-state index contributed by atoms with van der Waals surface area (Å²) < 4.78 is 0. The van der Waals surface area contributed by atoms with Crippen molar-refractivity contribution < 1.29 is 0 Å². The molecule has 0 fully saturated rings. The molecule has 0 aromatic carbocycles. The molecule has 1 aromatic rings.